The molecule has 1 aliphatic carbocycles. The number of rotatable bonds is 8. The summed E-state index contributed by atoms with van der Waals surface area (Å²) in [5, 5.41) is 2.91. The lowest BCUT2D eigenvalue weighted by Gasteiger charge is -2.20. The van der Waals surface area contributed by atoms with Crippen molar-refractivity contribution in [3.63, 3.8) is 0 Å². The van der Waals surface area contributed by atoms with Crippen LogP contribution in [0.15, 0.2) is 34.7 Å². The maximum absolute atomic E-state index is 12.8. The van der Waals surface area contributed by atoms with E-state index in [0.717, 1.165) is 19.3 Å². The minimum atomic E-state index is -3.58. The van der Waals surface area contributed by atoms with Crippen LogP contribution >= 0.6 is 0 Å². The molecule has 0 fully saturated rings. The zero-order valence-corrected chi connectivity index (χ0v) is 16.9. The second-order valence-electron chi connectivity index (χ2n) is 6.68. The molecule has 1 aliphatic rings. The van der Waals surface area contributed by atoms with E-state index in [2.05, 4.69) is 11.4 Å². The predicted molar refractivity (Wildman–Crippen MR) is 105 cm³/mol. The first kappa shape index (κ1) is 20.6. The molecule has 26 heavy (non-hydrogen) atoms. The van der Waals surface area contributed by atoms with Gasteiger partial charge in [-0.1, -0.05) is 31.6 Å². The van der Waals surface area contributed by atoms with E-state index >= 15 is 0 Å². The van der Waals surface area contributed by atoms with Gasteiger partial charge in [0.15, 0.2) is 0 Å². The van der Waals surface area contributed by atoms with Gasteiger partial charge in [-0.05, 0) is 56.7 Å². The Morgan fingerprint density at radius 2 is 1.92 bits per heavy atom. The minimum absolute atomic E-state index is 0.212. The summed E-state index contributed by atoms with van der Waals surface area (Å²) in [5.41, 5.74) is 2.45. The third-order valence-corrected chi connectivity index (χ3v) is 7.08. The molecule has 6 heteroatoms. The van der Waals surface area contributed by atoms with Crippen LogP contribution in [-0.2, 0) is 10.0 Å². The average Bonchev–Trinajstić information content (AvgIpc) is 2.63. The summed E-state index contributed by atoms with van der Waals surface area (Å²) in [6.45, 7) is 6.78. The first-order chi connectivity index (χ1) is 12.4. The highest BCUT2D eigenvalue weighted by molar-refractivity contribution is 7.89. The molecule has 0 heterocycles. The Morgan fingerprint density at radius 1 is 1.19 bits per heavy atom. The summed E-state index contributed by atoms with van der Waals surface area (Å²) in [6.07, 6.45) is 7.87. The summed E-state index contributed by atoms with van der Waals surface area (Å²) in [4.78, 5) is 12.7. The molecule has 0 spiro atoms. The summed E-state index contributed by atoms with van der Waals surface area (Å²) >= 11 is 0. The summed E-state index contributed by atoms with van der Waals surface area (Å²) in [7, 11) is -3.58. The first-order valence-corrected chi connectivity index (χ1v) is 10.9. The van der Waals surface area contributed by atoms with Crippen molar-refractivity contribution < 1.29 is 13.2 Å². The topological polar surface area (TPSA) is 66.5 Å². The lowest BCUT2D eigenvalue weighted by atomic mass is 9.97. The number of allylic oxidation sites excluding steroid dienone is 1. The van der Waals surface area contributed by atoms with Gasteiger partial charge in [-0.15, -0.1) is 0 Å². The van der Waals surface area contributed by atoms with Gasteiger partial charge in [0.2, 0.25) is 10.0 Å². The van der Waals surface area contributed by atoms with Crippen LogP contribution in [0.2, 0.25) is 0 Å². The van der Waals surface area contributed by atoms with E-state index in [1.165, 1.54) is 28.8 Å². The van der Waals surface area contributed by atoms with Crippen molar-refractivity contribution in [2.75, 3.05) is 19.6 Å². The van der Waals surface area contributed by atoms with Crippen molar-refractivity contribution in [2.45, 2.75) is 57.8 Å². The highest BCUT2D eigenvalue weighted by Crippen LogP contribution is 2.22. The van der Waals surface area contributed by atoms with E-state index in [0.29, 0.717) is 30.8 Å². The third kappa shape index (κ3) is 4.95. The smallest absolute Gasteiger partial charge is 0.251 e. The van der Waals surface area contributed by atoms with Gasteiger partial charge in [-0.2, -0.15) is 4.31 Å². The quantitative estimate of drug-likeness (QED) is 0.702. The maximum Gasteiger partial charge on any atom is 0.251 e. The molecule has 0 atom stereocenters. The number of carbonyl (C=O) groups excluding carboxylic acids is 1. The molecular weight excluding hydrogens is 348 g/mol. The van der Waals surface area contributed by atoms with Gasteiger partial charge in [-0.3, -0.25) is 4.79 Å². The van der Waals surface area contributed by atoms with Gasteiger partial charge in [0, 0.05) is 25.2 Å². The van der Waals surface area contributed by atoms with Crippen molar-refractivity contribution in [3.8, 4) is 0 Å². The van der Waals surface area contributed by atoms with Crippen molar-refractivity contribution in [1.82, 2.24) is 9.62 Å². The minimum Gasteiger partial charge on any atom is -0.352 e. The zero-order chi connectivity index (χ0) is 19.2. The molecule has 0 bridgehead atoms. The average molecular weight is 379 g/mol. The summed E-state index contributed by atoms with van der Waals surface area (Å²) < 4.78 is 27.0. The fourth-order valence-corrected chi connectivity index (χ4v) is 5.00. The van der Waals surface area contributed by atoms with Gasteiger partial charge < -0.3 is 5.32 Å². The van der Waals surface area contributed by atoms with Crippen LogP contribution in [0.5, 0.6) is 0 Å². The van der Waals surface area contributed by atoms with Gasteiger partial charge in [-0.25, -0.2) is 8.42 Å². The molecule has 0 aromatic heterocycles. The monoisotopic (exact) mass is 378 g/mol. The van der Waals surface area contributed by atoms with Crippen molar-refractivity contribution in [3.05, 3.63) is 41.0 Å². The van der Waals surface area contributed by atoms with E-state index in [-0.39, 0.29) is 10.8 Å². The van der Waals surface area contributed by atoms with Crippen LogP contribution in [0.25, 0.3) is 0 Å². The number of hydrogen-bond acceptors (Lipinski definition) is 3. The summed E-state index contributed by atoms with van der Waals surface area (Å²) in [6, 6.07) is 4.89. The fourth-order valence-electron chi connectivity index (χ4n) is 3.29. The molecule has 0 aliphatic heterocycles. The highest BCUT2D eigenvalue weighted by atomic mass is 32.2. The second-order valence-corrected chi connectivity index (χ2v) is 8.59. The van der Waals surface area contributed by atoms with Crippen molar-refractivity contribution >= 4 is 15.9 Å². The zero-order valence-electron chi connectivity index (χ0n) is 16.0. The Kier molecular flexibility index (Phi) is 7.41. The van der Waals surface area contributed by atoms with Gasteiger partial charge in [0.05, 0.1) is 4.90 Å². The Balaban J connectivity index is 2.10. The first-order valence-electron chi connectivity index (χ1n) is 9.47. The molecule has 1 aromatic rings. The number of hydrogen-bond donors (Lipinski definition) is 1. The molecule has 1 N–H and O–H groups in total. The highest BCUT2D eigenvalue weighted by Gasteiger charge is 2.24. The molecule has 144 valence electrons. The van der Waals surface area contributed by atoms with Crippen LogP contribution in [0.4, 0.5) is 0 Å². The van der Waals surface area contributed by atoms with Crippen molar-refractivity contribution in [2.24, 2.45) is 0 Å². The Morgan fingerprint density at radius 3 is 2.54 bits per heavy atom. The van der Waals surface area contributed by atoms with Crippen LogP contribution in [-0.4, -0.2) is 38.3 Å². The number of nitrogens with zero attached hydrogens (tertiary/aromatic N) is 1. The molecule has 0 unspecified atom stereocenters. The normalized spacial score (nSPS) is 15.0. The lowest BCUT2D eigenvalue weighted by Crippen LogP contribution is -2.31. The molecule has 0 radical (unpaired) electrons. The van der Waals surface area contributed by atoms with Gasteiger partial charge >= 0.3 is 0 Å². The number of sulfonamides is 1. The van der Waals surface area contributed by atoms with E-state index in [1.54, 1.807) is 19.1 Å². The lowest BCUT2D eigenvalue weighted by molar-refractivity contribution is 0.0954. The second kappa shape index (κ2) is 9.33. The van der Waals surface area contributed by atoms with Gasteiger partial charge in [0.25, 0.3) is 5.91 Å². The largest absolute Gasteiger partial charge is 0.352 e. The molecule has 0 saturated heterocycles. The molecule has 5 nitrogen and oxygen atoms in total. The van der Waals surface area contributed by atoms with E-state index in [4.69, 9.17) is 0 Å². The third-order valence-electron chi connectivity index (χ3n) is 4.89. The number of benzene rings is 1. The van der Waals surface area contributed by atoms with Crippen LogP contribution < -0.4 is 5.32 Å². The number of carbonyl (C=O) groups is 1. The standard InChI is InChI=1S/C20H30N2O3S/c1-4-22(5-2)26(24,25)19-15-18(12-11-16(19)3)20(23)21-14-13-17-9-7-6-8-10-17/h9,11-12,15H,4-8,10,13-14H2,1-3H3,(H,21,23). The van der Waals surface area contributed by atoms with Crippen molar-refractivity contribution in [1.29, 1.82) is 0 Å². The molecule has 0 saturated carbocycles. The number of aryl methyl sites for hydroxylation is 1. The number of amides is 1. The van der Waals surface area contributed by atoms with E-state index in [9.17, 15) is 13.2 Å². The Bertz CT molecular complexity index is 765. The summed E-state index contributed by atoms with van der Waals surface area (Å²) in [5.74, 6) is -0.225. The van der Waals surface area contributed by atoms with Crippen LogP contribution in [0, 0.1) is 6.92 Å². The number of nitrogens with one attached hydrogen (secondary N) is 1. The Hall–Kier alpha value is -1.66. The van der Waals surface area contributed by atoms with E-state index in [1.807, 2.05) is 13.8 Å². The molecular formula is C20H30N2O3S. The van der Waals surface area contributed by atoms with Crippen LogP contribution in [0.1, 0.15) is 61.9 Å². The van der Waals surface area contributed by atoms with Crippen LogP contribution in [0.3, 0.4) is 0 Å². The predicted octanol–water partition coefficient (Wildman–Crippen LogP) is 3.65. The van der Waals surface area contributed by atoms with E-state index < -0.39 is 10.0 Å². The maximum atomic E-state index is 12.8. The molecule has 1 aromatic carbocycles. The molecule has 2 rings (SSSR count). The fraction of sp³-hybridized carbons (Fsp3) is 0.550. The van der Waals surface area contributed by atoms with Gasteiger partial charge in [0.1, 0.15) is 0 Å². The Labute approximate surface area is 157 Å². The molecule has 1 amide bonds. The SMILES string of the molecule is CCN(CC)S(=O)(=O)c1cc(C(=O)NCCC2=CCCCC2)ccc1C.